The molecular weight excluding hydrogens is 368 g/mol. The van der Waals surface area contributed by atoms with E-state index in [1.54, 1.807) is 0 Å². The molecule has 1 atom stereocenters. The van der Waals surface area contributed by atoms with Crippen molar-refractivity contribution in [1.29, 1.82) is 0 Å². The molecule has 0 aromatic heterocycles. The smallest absolute Gasteiger partial charge is 0.458 e. The van der Waals surface area contributed by atoms with Gasteiger partial charge in [-0.1, -0.05) is 91.0 Å². The van der Waals surface area contributed by atoms with E-state index in [4.69, 9.17) is 14.2 Å². The van der Waals surface area contributed by atoms with Gasteiger partial charge in [0.05, 0.1) is 0 Å². The van der Waals surface area contributed by atoms with Crippen LogP contribution < -0.4 is 0 Å². The molecule has 148 valence electrons. The van der Waals surface area contributed by atoms with Crippen LogP contribution in [0.3, 0.4) is 0 Å². The number of esters is 1. The molecule has 5 nitrogen and oxygen atoms in total. The Morgan fingerprint density at radius 3 is 1.59 bits per heavy atom. The molecule has 29 heavy (non-hydrogen) atoms. The predicted molar refractivity (Wildman–Crippen MR) is 108 cm³/mol. The van der Waals surface area contributed by atoms with Gasteiger partial charge in [0, 0.05) is 6.42 Å². The van der Waals surface area contributed by atoms with Gasteiger partial charge in [0.2, 0.25) is 6.10 Å². The topological polar surface area (TPSA) is 61.8 Å². The number of rotatable bonds is 8. The van der Waals surface area contributed by atoms with E-state index in [1.807, 2.05) is 91.0 Å². The third-order valence-electron chi connectivity index (χ3n) is 4.19. The summed E-state index contributed by atoms with van der Waals surface area (Å²) in [5, 5.41) is 0. The highest BCUT2D eigenvalue weighted by Gasteiger charge is 2.26. The van der Waals surface area contributed by atoms with E-state index < -0.39 is 18.2 Å². The third-order valence-corrected chi connectivity index (χ3v) is 4.19. The normalized spacial score (nSPS) is 11.3. The molecule has 0 N–H and O–H groups in total. The molecule has 5 heteroatoms. The molecule has 0 saturated carbocycles. The van der Waals surface area contributed by atoms with Crippen LogP contribution in [0.5, 0.6) is 0 Å². The Morgan fingerprint density at radius 1 is 0.621 bits per heavy atom. The van der Waals surface area contributed by atoms with Crippen molar-refractivity contribution in [2.45, 2.75) is 25.7 Å². The Kier molecular flexibility index (Phi) is 7.41. The average Bonchev–Trinajstić information content (AvgIpc) is 2.78. The highest BCUT2D eigenvalue weighted by molar-refractivity contribution is 5.78. The first kappa shape index (κ1) is 20.1. The zero-order valence-electron chi connectivity index (χ0n) is 15.9. The van der Waals surface area contributed by atoms with E-state index >= 15 is 0 Å². The number of hydrogen-bond donors (Lipinski definition) is 0. The van der Waals surface area contributed by atoms with Crippen LogP contribution in [0.2, 0.25) is 0 Å². The molecule has 0 aliphatic heterocycles. The summed E-state index contributed by atoms with van der Waals surface area (Å²) in [6.45, 7) is 0.171. The molecule has 0 spiro atoms. The predicted octanol–water partition coefficient (Wildman–Crippen LogP) is 4.69. The van der Waals surface area contributed by atoms with Crippen molar-refractivity contribution in [3.05, 3.63) is 108 Å². The number of carbonyl (C=O) groups excluding carboxylic acids is 2. The van der Waals surface area contributed by atoms with Crippen molar-refractivity contribution in [3.63, 3.8) is 0 Å². The van der Waals surface area contributed by atoms with Crippen LogP contribution in [0.15, 0.2) is 91.0 Å². The number of ether oxygens (including phenoxy) is 3. The second kappa shape index (κ2) is 10.7. The molecule has 0 radical (unpaired) electrons. The van der Waals surface area contributed by atoms with E-state index in [0.717, 1.165) is 16.7 Å². The van der Waals surface area contributed by atoms with E-state index in [1.165, 1.54) is 0 Å². The van der Waals surface area contributed by atoms with Crippen LogP contribution in [0.1, 0.15) is 16.7 Å². The first-order valence-corrected chi connectivity index (χ1v) is 9.32. The second-order valence-electron chi connectivity index (χ2n) is 6.41. The molecule has 3 aromatic rings. The Morgan fingerprint density at radius 2 is 1.07 bits per heavy atom. The maximum absolute atomic E-state index is 12.6. The second-order valence-corrected chi connectivity index (χ2v) is 6.41. The largest absolute Gasteiger partial charge is 0.509 e. The molecule has 0 aliphatic rings. The lowest BCUT2D eigenvalue weighted by atomic mass is 10.1. The third kappa shape index (κ3) is 6.81. The van der Waals surface area contributed by atoms with Crippen molar-refractivity contribution in [2.75, 3.05) is 0 Å². The van der Waals surface area contributed by atoms with Gasteiger partial charge in [0.25, 0.3) is 0 Å². The van der Waals surface area contributed by atoms with Crippen LogP contribution in [0, 0.1) is 0 Å². The van der Waals surface area contributed by atoms with Crippen molar-refractivity contribution in [3.8, 4) is 0 Å². The number of carbonyl (C=O) groups is 2. The van der Waals surface area contributed by atoms with E-state index in [2.05, 4.69) is 0 Å². The van der Waals surface area contributed by atoms with Crippen molar-refractivity contribution in [2.24, 2.45) is 0 Å². The monoisotopic (exact) mass is 390 g/mol. The lowest BCUT2D eigenvalue weighted by Crippen LogP contribution is -2.31. The van der Waals surface area contributed by atoms with Crippen molar-refractivity contribution >= 4 is 12.1 Å². The zero-order chi connectivity index (χ0) is 20.3. The summed E-state index contributed by atoms with van der Waals surface area (Å²) in [5.74, 6) is -0.616. The van der Waals surface area contributed by atoms with Crippen LogP contribution in [0.25, 0.3) is 0 Å². The zero-order valence-corrected chi connectivity index (χ0v) is 15.9. The van der Waals surface area contributed by atoms with Gasteiger partial charge in [-0.15, -0.1) is 0 Å². The first-order valence-electron chi connectivity index (χ1n) is 9.32. The van der Waals surface area contributed by atoms with Crippen LogP contribution in [0.4, 0.5) is 4.79 Å². The molecule has 0 fully saturated rings. The fourth-order valence-electron chi connectivity index (χ4n) is 2.69. The molecule has 0 amide bonds. The summed E-state index contributed by atoms with van der Waals surface area (Å²) < 4.78 is 15.8. The molecule has 0 heterocycles. The molecule has 0 saturated heterocycles. The SMILES string of the molecule is O=C(OCc1ccccc1)O[C@@H](Cc1ccccc1)C(=O)OCc1ccccc1. The molecule has 0 unspecified atom stereocenters. The molecule has 3 rings (SSSR count). The quantitative estimate of drug-likeness (QED) is 0.522. The maximum atomic E-state index is 12.6. The van der Waals surface area contributed by atoms with Crippen LogP contribution >= 0.6 is 0 Å². The minimum Gasteiger partial charge on any atom is -0.458 e. The number of benzene rings is 3. The van der Waals surface area contributed by atoms with E-state index in [-0.39, 0.29) is 19.6 Å². The Balaban J connectivity index is 1.60. The Hall–Kier alpha value is -3.60. The highest BCUT2D eigenvalue weighted by atomic mass is 16.7. The fourth-order valence-corrected chi connectivity index (χ4v) is 2.69. The minimum absolute atomic E-state index is 0.0663. The molecule has 0 aliphatic carbocycles. The highest BCUT2D eigenvalue weighted by Crippen LogP contribution is 2.12. The fraction of sp³-hybridized carbons (Fsp3) is 0.167. The van der Waals surface area contributed by atoms with Gasteiger partial charge in [-0.05, 0) is 16.7 Å². The number of hydrogen-bond acceptors (Lipinski definition) is 5. The van der Waals surface area contributed by atoms with Gasteiger partial charge < -0.3 is 14.2 Å². The van der Waals surface area contributed by atoms with Gasteiger partial charge >= 0.3 is 12.1 Å². The van der Waals surface area contributed by atoms with Gasteiger partial charge in [0.15, 0.2) is 0 Å². The summed E-state index contributed by atoms with van der Waals surface area (Å²) in [7, 11) is 0. The molecule has 3 aromatic carbocycles. The lowest BCUT2D eigenvalue weighted by molar-refractivity contribution is -0.156. The van der Waals surface area contributed by atoms with Gasteiger partial charge in [-0.3, -0.25) is 0 Å². The minimum atomic E-state index is -1.09. The first-order chi connectivity index (χ1) is 14.2. The van der Waals surface area contributed by atoms with Crippen molar-refractivity contribution in [1.82, 2.24) is 0 Å². The summed E-state index contributed by atoms with van der Waals surface area (Å²) in [5.41, 5.74) is 2.53. The standard InChI is InChI=1S/C24H22O5/c25-23(27-17-20-12-6-2-7-13-20)22(16-19-10-4-1-5-11-19)29-24(26)28-18-21-14-8-3-9-15-21/h1-15,22H,16-18H2/t22-/m0/s1. The van der Waals surface area contributed by atoms with Gasteiger partial charge in [0.1, 0.15) is 13.2 Å². The average molecular weight is 390 g/mol. The van der Waals surface area contributed by atoms with Crippen molar-refractivity contribution < 1.29 is 23.8 Å². The maximum Gasteiger partial charge on any atom is 0.509 e. The Bertz CT molecular complexity index is 894. The van der Waals surface area contributed by atoms with Gasteiger partial charge in [-0.2, -0.15) is 0 Å². The molecule has 0 bridgehead atoms. The summed E-state index contributed by atoms with van der Waals surface area (Å²) in [6, 6.07) is 27.9. The summed E-state index contributed by atoms with van der Waals surface area (Å²) in [4.78, 5) is 24.7. The summed E-state index contributed by atoms with van der Waals surface area (Å²) in [6.07, 6.45) is -1.80. The molecular formula is C24H22O5. The van der Waals surface area contributed by atoms with Gasteiger partial charge in [-0.25, -0.2) is 9.59 Å². The van der Waals surface area contributed by atoms with Crippen LogP contribution in [-0.2, 0) is 38.6 Å². The lowest BCUT2D eigenvalue weighted by Gasteiger charge is -2.17. The van der Waals surface area contributed by atoms with E-state index in [0.29, 0.717) is 0 Å². The summed E-state index contributed by atoms with van der Waals surface area (Å²) >= 11 is 0. The van der Waals surface area contributed by atoms with Crippen LogP contribution in [-0.4, -0.2) is 18.2 Å². The van der Waals surface area contributed by atoms with E-state index in [9.17, 15) is 9.59 Å². The Labute approximate surface area is 169 Å².